The SMILES string of the molecule is CCc1ccc(Nc2c(Cl)cccc2Cl)c(CC(=O)O)c1. The van der Waals surface area contributed by atoms with Crippen LogP contribution in [0.5, 0.6) is 0 Å². The molecule has 0 aromatic heterocycles. The summed E-state index contributed by atoms with van der Waals surface area (Å²) < 4.78 is 0. The fourth-order valence-corrected chi connectivity index (χ4v) is 2.54. The Morgan fingerprint density at radius 3 is 2.43 bits per heavy atom. The molecular formula is C16H15Cl2NO2. The van der Waals surface area contributed by atoms with E-state index < -0.39 is 5.97 Å². The Balaban J connectivity index is 2.41. The van der Waals surface area contributed by atoms with Crippen LogP contribution in [0.2, 0.25) is 10.0 Å². The van der Waals surface area contributed by atoms with E-state index in [2.05, 4.69) is 5.32 Å². The molecule has 0 aliphatic rings. The first kappa shape index (κ1) is 15.7. The maximum absolute atomic E-state index is 11.0. The van der Waals surface area contributed by atoms with Gasteiger partial charge in [0.1, 0.15) is 0 Å². The number of carboxylic acid groups (broad SMARTS) is 1. The molecule has 0 amide bonds. The first-order valence-electron chi connectivity index (χ1n) is 6.56. The fraction of sp³-hybridized carbons (Fsp3) is 0.188. The van der Waals surface area contributed by atoms with Gasteiger partial charge in [0.05, 0.1) is 22.2 Å². The summed E-state index contributed by atoms with van der Waals surface area (Å²) in [6.07, 6.45) is 0.790. The first-order valence-corrected chi connectivity index (χ1v) is 7.31. The van der Waals surface area contributed by atoms with Gasteiger partial charge in [0.25, 0.3) is 0 Å². The van der Waals surface area contributed by atoms with Gasteiger partial charge < -0.3 is 10.4 Å². The lowest BCUT2D eigenvalue weighted by Crippen LogP contribution is -2.05. The van der Waals surface area contributed by atoms with Gasteiger partial charge in [-0.15, -0.1) is 0 Å². The van der Waals surface area contributed by atoms with Crippen molar-refractivity contribution in [3.63, 3.8) is 0 Å². The molecule has 2 N–H and O–H groups in total. The van der Waals surface area contributed by atoms with Crippen LogP contribution in [-0.2, 0) is 17.6 Å². The number of carboxylic acids is 1. The number of halogens is 2. The highest BCUT2D eigenvalue weighted by atomic mass is 35.5. The predicted molar refractivity (Wildman–Crippen MR) is 86.9 cm³/mol. The Bertz CT molecular complexity index is 651. The summed E-state index contributed by atoms with van der Waals surface area (Å²) in [6, 6.07) is 10.9. The van der Waals surface area contributed by atoms with E-state index in [4.69, 9.17) is 28.3 Å². The highest BCUT2D eigenvalue weighted by Gasteiger charge is 2.11. The lowest BCUT2D eigenvalue weighted by molar-refractivity contribution is -0.136. The third kappa shape index (κ3) is 3.90. The van der Waals surface area contributed by atoms with Crippen LogP contribution in [0.25, 0.3) is 0 Å². The zero-order chi connectivity index (χ0) is 15.4. The molecule has 0 saturated carbocycles. The topological polar surface area (TPSA) is 49.3 Å². The maximum Gasteiger partial charge on any atom is 0.307 e. The van der Waals surface area contributed by atoms with Crippen molar-refractivity contribution in [1.29, 1.82) is 0 Å². The van der Waals surface area contributed by atoms with Gasteiger partial charge in [0, 0.05) is 5.69 Å². The number of hydrogen-bond donors (Lipinski definition) is 2. The summed E-state index contributed by atoms with van der Waals surface area (Å²) in [5.41, 5.74) is 3.07. The Morgan fingerprint density at radius 2 is 1.86 bits per heavy atom. The Morgan fingerprint density at radius 1 is 1.19 bits per heavy atom. The van der Waals surface area contributed by atoms with Crippen molar-refractivity contribution < 1.29 is 9.90 Å². The van der Waals surface area contributed by atoms with E-state index >= 15 is 0 Å². The molecule has 110 valence electrons. The molecule has 0 bridgehead atoms. The van der Waals surface area contributed by atoms with Crippen LogP contribution in [0.4, 0.5) is 11.4 Å². The summed E-state index contributed by atoms with van der Waals surface area (Å²) in [7, 11) is 0. The van der Waals surface area contributed by atoms with Gasteiger partial charge in [-0.2, -0.15) is 0 Å². The molecule has 21 heavy (non-hydrogen) atoms. The van der Waals surface area contributed by atoms with Gasteiger partial charge >= 0.3 is 5.97 Å². The minimum absolute atomic E-state index is 0.0573. The average Bonchev–Trinajstić information content (AvgIpc) is 2.43. The fourth-order valence-electron chi connectivity index (χ4n) is 2.05. The van der Waals surface area contributed by atoms with Crippen molar-refractivity contribution >= 4 is 40.5 Å². The lowest BCUT2D eigenvalue weighted by atomic mass is 10.0. The molecule has 0 unspecified atom stereocenters. The van der Waals surface area contributed by atoms with Crippen LogP contribution in [0, 0.1) is 0 Å². The summed E-state index contributed by atoms with van der Waals surface area (Å²) in [6.45, 7) is 2.03. The first-order chi connectivity index (χ1) is 10.0. The Kier molecular flexibility index (Phi) is 5.10. The molecule has 5 heteroatoms. The standard InChI is InChI=1S/C16H15Cl2NO2/c1-2-10-6-7-14(11(8-10)9-15(20)21)19-16-12(17)4-3-5-13(16)18/h3-8,19H,2,9H2,1H3,(H,20,21). The van der Waals surface area contributed by atoms with E-state index in [1.54, 1.807) is 18.2 Å². The molecule has 0 atom stereocenters. The van der Waals surface area contributed by atoms with Crippen molar-refractivity contribution in [2.75, 3.05) is 5.32 Å². The van der Waals surface area contributed by atoms with Gasteiger partial charge in [-0.1, -0.05) is 48.3 Å². The highest BCUT2D eigenvalue weighted by molar-refractivity contribution is 6.39. The van der Waals surface area contributed by atoms with Crippen LogP contribution >= 0.6 is 23.2 Å². The highest BCUT2D eigenvalue weighted by Crippen LogP contribution is 2.34. The number of hydrogen-bond acceptors (Lipinski definition) is 2. The molecule has 0 fully saturated rings. The number of benzene rings is 2. The van der Waals surface area contributed by atoms with E-state index in [-0.39, 0.29) is 6.42 Å². The van der Waals surface area contributed by atoms with Crippen molar-refractivity contribution in [2.24, 2.45) is 0 Å². The van der Waals surface area contributed by atoms with Gasteiger partial charge in [-0.05, 0) is 35.7 Å². The van der Waals surface area contributed by atoms with Crippen molar-refractivity contribution in [3.8, 4) is 0 Å². The molecule has 0 heterocycles. The maximum atomic E-state index is 11.0. The number of anilines is 2. The van der Waals surface area contributed by atoms with E-state index in [9.17, 15) is 4.79 Å². The van der Waals surface area contributed by atoms with Gasteiger partial charge in [0.2, 0.25) is 0 Å². The van der Waals surface area contributed by atoms with Crippen molar-refractivity contribution in [1.82, 2.24) is 0 Å². The van der Waals surface area contributed by atoms with E-state index in [1.807, 2.05) is 25.1 Å². The molecule has 2 rings (SSSR count). The van der Waals surface area contributed by atoms with Crippen LogP contribution in [0.1, 0.15) is 18.1 Å². The molecule has 0 aliphatic heterocycles. The molecule has 2 aromatic carbocycles. The van der Waals surface area contributed by atoms with Gasteiger partial charge in [-0.25, -0.2) is 0 Å². The molecule has 0 spiro atoms. The molecule has 2 aromatic rings. The minimum Gasteiger partial charge on any atom is -0.481 e. The summed E-state index contributed by atoms with van der Waals surface area (Å²) in [5.74, 6) is -0.878. The Hall–Kier alpha value is -1.71. The Labute approximate surface area is 133 Å². The minimum atomic E-state index is -0.878. The number of rotatable bonds is 5. The zero-order valence-electron chi connectivity index (χ0n) is 11.5. The van der Waals surface area contributed by atoms with Crippen LogP contribution < -0.4 is 5.32 Å². The lowest BCUT2D eigenvalue weighted by Gasteiger charge is -2.14. The van der Waals surface area contributed by atoms with Crippen molar-refractivity contribution in [2.45, 2.75) is 19.8 Å². The predicted octanol–water partition coefficient (Wildman–Crippen LogP) is 4.93. The number of aliphatic carboxylic acids is 1. The molecule has 0 aliphatic carbocycles. The van der Waals surface area contributed by atoms with Crippen molar-refractivity contribution in [3.05, 3.63) is 57.6 Å². The number of aryl methyl sites for hydroxylation is 1. The van der Waals surface area contributed by atoms with Gasteiger partial charge in [0.15, 0.2) is 0 Å². The number of carbonyl (C=O) groups is 1. The second-order valence-corrected chi connectivity index (χ2v) is 5.45. The van der Waals surface area contributed by atoms with E-state index in [0.717, 1.165) is 12.0 Å². The largest absolute Gasteiger partial charge is 0.481 e. The summed E-state index contributed by atoms with van der Waals surface area (Å²) in [4.78, 5) is 11.0. The molecule has 0 radical (unpaired) electrons. The number of para-hydroxylation sites is 1. The smallest absolute Gasteiger partial charge is 0.307 e. The summed E-state index contributed by atoms with van der Waals surface area (Å²) >= 11 is 12.3. The third-order valence-electron chi connectivity index (χ3n) is 3.14. The van der Waals surface area contributed by atoms with Crippen LogP contribution in [-0.4, -0.2) is 11.1 Å². The quantitative estimate of drug-likeness (QED) is 0.820. The molecular weight excluding hydrogens is 309 g/mol. The number of nitrogens with one attached hydrogen (secondary N) is 1. The van der Waals surface area contributed by atoms with E-state index in [1.165, 1.54) is 0 Å². The zero-order valence-corrected chi connectivity index (χ0v) is 13.0. The summed E-state index contributed by atoms with van der Waals surface area (Å²) in [5, 5.41) is 13.2. The molecule has 0 saturated heterocycles. The van der Waals surface area contributed by atoms with Gasteiger partial charge in [-0.3, -0.25) is 4.79 Å². The monoisotopic (exact) mass is 323 g/mol. The third-order valence-corrected chi connectivity index (χ3v) is 3.77. The second kappa shape index (κ2) is 6.83. The second-order valence-electron chi connectivity index (χ2n) is 4.64. The normalized spacial score (nSPS) is 10.4. The average molecular weight is 324 g/mol. The van der Waals surface area contributed by atoms with Crippen LogP contribution in [0.3, 0.4) is 0 Å². The molecule has 3 nitrogen and oxygen atoms in total. The van der Waals surface area contributed by atoms with E-state index in [0.29, 0.717) is 27.0 Å². The van der Waals surface area contributed by atoms with Crippen LogP contribution in [0.15, 0.2) is 36.4 Å².